The summed E-state index contributed by atoms with van der Waals surface area (Å²) in [5.41, 5.74) is -0.284. The number of carbonyl (C=O) groups is 1. The second-order valence-corrected chi connectivity index (χ2v) is 4.94. The van der Waals surface area contributed by atoms with Crippen molar-refractivity contribution in [3.8, 4) is 0 Å². The lowest BCUT2D eigenvalue weighted by Gasteiger charge is -2.12. The highest BCUT2D eigenvalue weighted by Crippen LogP contribution is 2.24. The van der Waals surface area contributed by atoms with Crippen LogP contribution in [0, 0.1) is 10.1 Å². The Morgan fingerprint density at radius 1 is 1.48 bits per heavy atom. The Kier molecular flexibility index (Phi) is 4.02. The number of imidazole rings is 1. The number of carboxylic acids is 1. The van der Waals surface area contributed by atoms with Crippen LogP contribution in [0.1, 0.15) is 41.5 Å². The summed E-state index contributed by atoms with van der Waals surface area (Å²) in [6, 6.07) is 4.27. The van der Waals surface area contributed by atoms with Gasteiger partial charge in [0.2, 0.25) is 0 Å². The van der Waals surface area contributed by atoms with Crippen LogP contribution in [0.5, 0.6) is 0 Å². The third-order valence-electron chi connectivity index (χ3n) is 3.14. The summed E-state index contributed by atoms with van der Waals surface area (Å²) in [6.07, 6.45) is 3.37. The lowest BCUT2D eigenvalue weighted by atomic mass is 10.0. The Hall–Kier alpha value is -2.70. The molecule has 0 aliphatic heterocycles. The van der Waals surface area contributed by atoms with Crippen LogP contribution in [0.3, 0.4) is 0 Å². The van der Waals surface area contributed by atoms with Crippen LogP contribution in [-0.4, -0.2) is 25.6 Å². The first-order chi connectivity index (χ1) is 9.91. The van der Waals surface area contributed by atoms with Crippen LogP contribution in [0.4, 0.5) is 5.69 Å². The molecule has 0 atom stereocenters. The second kappa shape index (κ2) is 5.74. The number of rotatable bonds is 5. The Labute approximate surface area is 121 Å². The van der Waals surface area contributed by atoms with Gasteiger partial charge in [-0.25, -0.2) is 9.78 Å². The largest absolute Gasteiger partial charge is 0.477 e. The van der Waals surface area contributed by atoms with Crippen molar-refractivity contribution < 1.29 is 14.8 Å². The SMILES string of the molecule is CC(C)c1nccn1Cc1cccc([N+](=O)[O-])c1C(=O)O. The summed E-state index contributed by atoms with van der Waals surface area (Å²) >= 11 is 0. The molecule has 1 aromatic carbocycles. The highest BCUT2D eigenvalue weighted by Gasteiger charge is 2.23. The summed E-state index contributed by atoms with van der Waals surface area (Å²) in [7, 11) is 0. The highest BCUT2D eigenvalue weighted by molar-refractivity contribution is 5.94. The molecule has 0 aliphatic rings. The van der Waals surface area contributed by atoms with E-state index in [0.717, 1.165) is 5.82 Å². The highest BCUT2D eigenvalue weighted by atomic mass is 16.6. The zero-order valence-electron chi connectivity index (χ0n) is 11.7. The first-order valence-electron chi connectivity index (χ1n) is 6.42. The Morgan fingerprint density at radius 2 is 2.19 bits per heavy atom. The van der Waals surface area contributed by atoms with Crippen LogP contribution < -0.4 is 0 Å². The molecule has 1 N–H and O–H groups in total. The number of benzene rings is 1. The van der Waals surface area contributed by atoms with Crippen LogP contribution in [0.15, 0.2) is 30.6 Å². The van der Waals surface area contributed by atoms with Crippen molar-refractivity contribution in [2.75, 3.05) is 0 Å². The minimum absolute atomic E-state index is 0.173. The molecular weight excluding hydrogens is 274 g/mol. The predicted molar refractivity (Wildman–Crippen MR) is 75.5 cm³/mol. The number of hydrogen-bond acceptors (Lipinski definition) is 4. The van der Waals surface area contributed by atoms with Gasteiger partial charge in [0, 0.05) is 30.9 Å². The number of nitrogens with zero attached hydrogens (tertiary/aromatic N) is 3. The van der Waals surface area contributed by atoms with Gasteiger partial charge >= 0.3 is 5.97 Å². The molecule has 0 bridgehead atoms. The van der Waals surface area contributed by atoms with Gasteiger partial charge in [-0.1, -0.05) is 26.0 Å². The summed E-state index contributed by atoms with van der Waals surface area (Å²) < 4.78 is 1.80. The van der Waals surface area contributed by atoms with E-state index in [-0.39, 0.29) is 18.0 Å². The molecule has 2 rings (SSSR count). The van der Waals surface area contributed by atoms with E-state index in [1.54, 1.807) is 23.0 Å². The van der Waals surface area contributed by atoms with Gasteiger partial charge in [0.15, 0.2) is 0 Å². The van der Waals surface area contributed by atoms with Crippen molar-refractivity contribution in [3.05, 3.63) is 57.7 Å². The predicted octanol–water partition coefficient (Wildman–Crippen LogP) is 2.66. The van der Waals surface area contributed by atoms with E-state index in [1.807, 2.05) is 13.8 Å². The standard InChI is InChI=1S/C14H15N3O4/c1-9(2)13-15-6-7-16(13)8-10-4-3-5-11(17(20)21)12(10)14(18)19/h3-7,9H,8H2,1-2H3,(H,18,19). The van der Waals surface area contributed by atoms with E-state index in [4.69, 9.17) is 0 Å². The Balaban J connectivity index is 2.49. The monoisotopic (exact) mass is 289 g/mol. The first-order valence-corrected chi connectivity index (χ1v) is 6.42. The molecule has 2 aromatic rings. The lowest BCUT2D eigenvalue weighted by molar-refractivity contribution is -0.385. The van der Waals surface area contributed by atoms with Crippen molar-refractivity contribution in [3.63, 3.8) is 0 Å². The van der Waals surface area contributed by atoms with Crippen molar-refractivity contribution in [1.29, 1.82) is 0 Å². The van der Waals surface area contributed by atoms with Gasteiger partial charge in [-0.05, 0) is 5.56 Å². The van der Waals surface area contributed by atoms with Gasteiger partial charge in [0.25, 0.3) is 5.69 Å². The van der Waals surface area contributed by atoms with E-state index in [0.29, 0.717) is 5.56 Å². The molecule has 0 saturated carbocycles. The van der Waals surface area contributed by atoms with Crippen LogP contribution >= 0.6 is 0 Å². The second-order valence-electron chi connectivity index (χ2n) is 4.94. The quantitative estimate of drug-likeness (QED) is 0.674. The zero-order valence-corrected chi connectivity index (χ0v) is 11.7. The number of nitro groups is 1. The molecule has 21 heavy (non-hydrogen) atoms. The van der Waals surface area contributed by atoms with Crippen molar-refractivity contribution in [2.45, 2.75) is 26.3 Å². The summed E-state index contributed by atoms with van der Waals surface area (Å²) in [6.45, 7) is 4.19. The number of nitro benzene ring substituents is 1. The average Bonchev–Trinajstić information content (AvgIpc) is 2.86. The van der Waals surface area contributed by atoms with E-state index >= 15 is 0 Å². The molecule has 0 spiro atoms. The van der Waals surface area contributed by atoms with Crippen molar-refractivity contribution in [2.24, 2.45) is 0 Å². The van der Waals surface area contributed by atoms with Gasteiger partial charge in [0.1, 0.15) is 11.4 Å². The van der Waals surface area contributed by atoms with Crippen LogP contribution in [0.25, 0.3) is 0 Å². The molecule has 0 radical (unpaired) electrons. The number of hydrogen-bond donors (Lipinski definition) is 1. The minimum Gasteiger partial charge on any atom is -0.477 e. The normalized spacial score (nSPS) is 10.8. The topological polar surface area (TPSA) is 98.3 Å². The van der Waals surface area contributed by atoms with E-state index in [9.17, 15) is 20.0 Å². The summed E-state index contributed by atoms with van der Waals surface area (Å²) in [5, 5.41) is 20.3. The molecule has 0 aliphatic carbocycles. The molecular formula is C14H15N3O4. The Bertz CT molecular complexity index is 691. The number of aromatic carboxylic acids is 1. The fourth-order valence-corrected chi connectivity index (χ4v) is 2.26. The number of carboxylic acid groups (broad SMARTS) is 1. The van der Waals surface area contributed by atoms with Gasteiger partial charge in [-0.15, -0.1) is 0 Å². The van der Waals surface area contributed by atoms with Gasteiger partial charge in [0.05, 0.1) is 4.92 Å². The fourth-order valence-electron chi connectivity index (χ4n) is 2.26. The maximum atomic E-state index is 11.4. The van der Waals surface area contributed by atoms with Gasteiger partial charge in [-0.3, -0.25) is 10.1 Å². The van der Waals surface area contributed by atoms with Crippen LogP contribution in [-0.2, 0) is 6.54 Å². The fraction of sp³-hybridized carbons (Fsp3) is 0.286. The zero-order chi connectivity index (χ0) is 15.6. The van der Waals surface area contributed by atoms with Gasteiger partial charge in [-0.2, -0.15) is 0 Å². The van der Waals surface area contributed by atoms with Crippen LogP contribution in [0.2, 0.25) is 0 Å². The minimum atomic E-state index is -1.30. The van der Waals surface area contributed by atoms with Crippen molar-refractivity contribution >= 4 is 11.7 Å². The summed E-state index contributed by atoms with van der Waals surface area (Å²) in [5.74, 6) is -0.326. The lowest BCUT2D eigenvalue weighted by Crippen LogP contribution is -2.12. The molecule has 110 valence electrons. The number of aromatic nitrogens is 2. The Morgan fingerprint density at radius 3 is 2.76 bits per heavy atom. The molecule has 7 heteroatoms. The van der Waals surface area contributed by atoms with Gasteiger partial charge < -0.3 is 9.67 Å². The maximum absolute atomic E-state index is 11.4. The third kappa shape index (κ3) is 2.91. The van der Waals surface area contributed by atoms with Crippen molar-refractivity contribution in [1.82, 2.24) is 9.55 Å². The van der Waals surface area contributed by atoms with E-state index in [2.05, 4.69) is 4.98 Å². The molecule has 7 nitrogen and oxygen atoms in total. The molecule has 1 heterocycles. The maximum Gasteiger partial charge on any atom is 0.343 e. The smallest absolute Gasteiger partial charge is 0.343 e. The third-order valence-corrected chi connectivity index (χ3v) is 3.14. The first kappa shape index (κ1) is 14.7. The molecule has 1 aromatic heterocycles. The molecule has 0 saturated heterocycles. The molecule has 0 fully saturated rings. The molecule has 0 unspecified atom stereocenters. The van der Waals surface area contributed by atoms with E-state index in [1.165, 1.54) is 12.1 Å². The summed E-state index contributed by atoms with van der Waals surface area (Å²) in [4.78, 5) is 25.9. The average molecular weight is 289 g/mol. The molecule has 0 amide bonds. The van der Waals surface area contributed by atoms with E-state index < -0.39 is 16.6 Å².